The molecule has 4 heteroatoms. The van der Waals surface area contributed by atoms with Crippen molar-refractivity contribution in [3.05, 3.63) is 33.8 Å². The lowest BCUT2D eigenvalue weighted by Crippen LogP contribution is -2.39. The Morgan fingerprint density at radius 2 is 2.32 bits per heavy atom. The van der Waals surface area contributed by atoms with Gasteiger partial charge in [-0.2, -0.15) is 0 Å². The van der Waals surface area contributed by atoms with E-state index in [4.69, 9.17) is 0 Å². The van der Waals surface area contributed by atoms with Crippen LogP contribution in [-0.4, -0.2) is 37.5 Å². The zero-order valence-corrected chi connectivity index (χ0v) is 13.2. The molecule has 104 valence electrons. The van der Waals surface area contributed by atoms with E-state index in [0.717, 1.165) is 35.2 Å². The van der Waals surface area contributed by atoms with Gasteiger partial charge in [-0.3, -0.25) is 4.79 Å². The molecule has 1 saturated heterocycles. The normalized spacial score (nSPS) is 19.2. The minimum Gasteiger partial charge on any atom is -0.341 e. The lowest BCUT2D eigenvalue weighted by Gasteiger charge is -2.28. The van der Waals surface area contributed by atoms with E-state index in [-0.39, 0.29) is 5.91 Å². The largest absolute Gasteiger partial charge is 0.341 e. The first-order chi connectivity index (χ1) is 9.08. The van der Waals surface area contributed by atoms with Crippen LogP contribution in [0.2, 0.25) is 0 Å². The number of hydrogen-bond acceptors (Lipinski definition) is 2. The minimum absolute atomic E-state index is 0.115. The van der Waals surface area contributed by atoms with Crippen LogP contribution < -0.4 is 5.32 Å². The number of piperidine rings is 1. The predicted molar refractivity (Wildman–Crippen MR) is 81.4 cm³/mol. The molecule has 1 aliphatic heterocycles. The lowest BCUT2D eigenvalue weighted by molar-refractivity contribution is 0.0764. The van der Waals surface area contributed by atoms with Crippen molar-refractivity contribution in [1.29, 1.82) is 0 Å². The van der Waals surface area contributed by atoms with E-state index in [9.17, 15) is 4.79 Å². The van der Waals surface area contributed by atoms with Crippen molar-refractivity contribution in [1.82, 2.24) is 10.2 Å². The zero-order chi connectivity index (χ0) is 13.8. The van der Waals surface area contributed by atoms with Crippen molar-refractivity contribution in [2.75, 3.05) is 26.7 Å². The Balaban J connectivity index is 2.03. The maximum atomic E-state index is 12.5. The first-order valence-corrected chi connectivity index (χ1v) is 7.59. The van der Waals surface area contributed by atoms with Crippen LogP contribution in [0.5, 0.6) is 0 Å². The van der Waals surface area contributed by atoms with Crippen LogP contribution >= 0.6 is 15.9 Å². The molecule has 0 saturated carbocycles. The quantitative estimate of drug-likeness (QED) is 0.927. The van der Waals surface area contributed by atoms with E-state index in [1.165, 1.54) is 12.8 Å². The summed E-state index contributed by atoms with van der Waals surface area (Å²) in [5.74, 6) is 0.694. The molecule has 19 heavy (non-hydrogen) atoms. The van der Waals surface area contributed by atoms with Gasteiger partial charge in [-0.25, -0.2) is 0 Å². The van der Waals surface area contributed by atoms with Gasteiger partial charge < -0.3 is 10.2 Å². The fourth-order valence-electron chi connectivity index (χ4n) is 2.58. The highest BCUT2D eigenvalue weighted by molar-refractivity contribution is 9.10. The summed E-state index contributed by atoms with van der Waals surface area (Å²) in [5, 5.41) is 3.39. The summed E-state index contributed by atoms with van der Waals surface area (Å²) in [6.45, 7) is 4.95. The molecule has 1 amide bonds. The first kappa shape index (κ1) is 14.5. The summed E-state index contributed by atoms with van der Waals surface area (Å²) in [6, 6.07) is 5.86. The number of hydrogen-bond donors (Lipinski definition) is 1. The topological polar surface area (TPSA) is 32.3 Å². The summed E-state index contributed by atoms with van der Waals surface area (Å²) in [7, 11) is 1.90. The van der Waals surface area contributed by atoms with Crippen LogP contribution in [0.15, 0.2) is 22.7 Å². The van der Waals surface area contributed by atoms with Crippen molar-refractivity contribution in [3.63, 3.8) is 0 Å². The molecule has 0 aromatic heterocycles. The van der Waals surface area contributed by atoms with Gasteiger partial charge in [-0.05, 0) is 56.5 Å². The van der Waals surface area contributed by atoms with Crippen molar-refractivity contribution < 1.29 is 4.79 Å². The summed E-state index contributed by atoms with van der Waals surface area (Å²) in [4.78, 5) is 14.3. The molecular formula is C15H21BrN2O. The Morgan fingerprint density at radius 3 is 3.00 bits per heavy atom. The van der Waals surface area contributed by atoms with Gasteiger partial charge in [-0.15, -0.1) is 0 Å². The molecule has 1 unspecified atom stereocenters. The molecule has 0 bridgehead atoms. The van der Waals surface area contributed by atoms with E-state index in [0.29, 0.717) is 5.92 Å². The third kappa shape index (κ3) is 3.80. The van der Waals surface area contributed by atoms with Gasteiger partial charge in [0.25, 0.3) is 5.91 Å². The molecule has 1 atom stereocenters. The fraction of sp³-hybridized carbons (Fsp3) is 0.533. The highest BCUT2D eigenvalue weighted by Gasteiger charge is 2.20. The number of carbonyl (C=O) groups excluding carboxylic acids is 1. The van der Waals surface area contributed by atoms with Crippen LogP contribution in [-0.2, 0) is 0 Å². The van der Waals surface area contributed by atoms with Crippen molar-refractivity contribution in [3.8, 4) is 0 Å². The van der Waals surface area contributed by atoms with Crippen molar-refractivity contribution >= 4 is 21.8 Å². The van der Waals surface area contributed by atoms with Gasteiger partial charge in [0.05, 0.1) is 0 Å². The number of rotatable bonds is 3. The first-order valence-electron chi connectivity index (χ1n) is 6.80. The Kier molecular flexibility index (Phi) is 4.99. The van der Waals surface area contributed by atoms with Crippen LogP contribution in [0.4, 0.5) is 0 Å². The van der Waals surface area contributed by atoms with Crippen molar-refractivity contribution in [2.45, 2.75) is 19.8 Å². The summed E-state index contributed by atoms with van der Waals surface area (Å²) in [5.41, 5.74) is 1.82. The maximum absolute atomic E-state index is 12.5. The minimum atomic E-state index is 0.115. The highest BCUT2D eigenvalue weighted by Crippen LogP contribution is 2.19. The number of carbonyl (C=O) groups is 1. The van der Waals surface area contributed by atoms with E-state index >= 15 is 0 Å². The monoisotopic (exact) mass is 324 g/mol. The molecule has 0 radical (unpaired) electrons. The highest BCUT2D eigenvalue weighted by atomic mass is 79.9. The summed E-state index contributed by atoms with van der Waals surface area (Å²) < 4.78 is 0.953. The molecule has 1 aliphatic rings. The number of aryl methyl sites for hydroxylation is 1. The second-order valence-corrected chi connectivity index (χ2v) is 6.27. The second-order valence-electron chi connectivity index (χ2n) is 5.36. The fourth-order valence-corrected chi connectivity index (χ4v) is 2.94. The van der Waals surface area contributed by atoms with Crippen LogP contribution in [0.3, 0.4) is 0 Å². The molecule has 1 fully saturated rings. The molecule has 1 heterocycles. The SMILES string of the molecule is Cc1ccc(Br)cc1C(=O)N(C)CC1CCCNC1. The van der Waals surface area contributed by atoms with Gasteiger partial charge in [0, 0.05) is 23.6 Å². The standard InChI is InChI=1S/C15H21BrN2O/c1-11-5-6-13(16)8-14(11)15(19)18(2)10-12-4-3-7-17-9-12/h5-6,8,12,17H,3-4,7,9-10H2,1-2H3. The smallest absolute Gasteiger partial charge is 0.253 e. The molecule has 3 nitrogen and oxygen atoms in total. The number of nitrogens with one attached hydrogen (secondary N) is 1. The molecule has 0 aliphatic carbocycles. The average molecular weight is 325 g/mol. The molecule has 2 rings (SSSR count). The van der Waals surface area contributed by atoms with E-state index in [2.05, 4.69) is 21.2 Å². The summed E-state index contributed by atoms with van der Waals surface area (Å²) >= 11 is 3.43. The van der Waals surface area contributed by atoms with Gasteiger partial charge >= 0.3 is 0 Å². The van der Waals surface area contributed by atoms with E-state index < -0.39 is 0 Å². The summed E-state index contributed by atoms with van der Waals surface area (Å²) in [6.07, 6.45) is 2.42. The molecule has 1 N–H and O–H groups in total. The molecule has 0 spiro atoms. The van der Waals surface area contributed by atoms with E-state index in [1.54, 1.807) is 0 Å². The Labute approximate surface area is 123 Å². The van der Waals surface area contributed by atoms with E-state index in [1.807, 2.05) is 37.1 Å². The third-order valence-electron chi connectivity index (χ3n) is 3.71. The number of nitrogens with zero attached hydrogens (tertiary/aromatic N) is 1. The van der Waals surface area contributed by atoms with Gasteiger partial charge in [0.1, 0.15) is 0 Å². The zero-order valence-electron chi connectivity index (χ0n) is 11.6. The van der Waals surface area contributed by atoms with Crippen LogP contribution in [0, 0.1) is 12.8 Å². The van der Waals surface area contributed by atoms with Crippen LogP contribution in [0.25, 0.3) is 0 Å². The molecule has 1 aromatic carbocycles. The number of amides is 1. The number of benzene rings is 1. The predicted octanol–water partition coefficient (Wildman–Crippen LogP) is 2.83. The lowest BCUT2D eigenvalue weighted by atomic mass is 9.98. The van der Waals surface area contributed by atoms with Crippen molar-refractivity contribution in [2.24, 2.45) is 5.92 Å². The third-order valence-corrected chi connectivity index (χ3v) is 4.20. The molecular weight excluding hydrogens is 304 g/mol. The van der Waals surface area contributed by atoms with Crippen LogP contribution in [0.1, 0.15) is 28.8 Å². The average Bonchev–Trinajstić information content (AvgIpc) is 2.42. The number of halogens is 1. The Bertz CT molecular complexity index is 455. The van der Waals surface area contributed by atoms with Gasteiger partial charge in [0.15, 0.2) is 0 Å². The van der Waals surface area contributed by atoms with Gasteiger partial charge in [0.2, 0.25) is 0 Å². The molecule has 1 aromatic rings. The Hall–Kier alpha value is -0.870. The van der Waals surface area contributed by atoms with Gasteiger partial charge in [-0.1, -0.05) is 22.0 Å². The Morgan fingerprint density at radius 1 is 1.53 bits per heavy atom. The second kappa shape index (κ2) is 6.53. The maximum Gasteiger partial charge on any atom is 0.253 e.